The Hall–Kier alpha value is -2.27. The van der Waals surface area contributed by atoms with Crippen LogP contribution in [0.15, 0.2) is 42.5 Å². The molecular weight excluding hydrogens is 282 g/mol. The van der Waals surface area contributed by atoms with E-state index in [9.17, 15) is 10.1 Å². The van der Waals surface area contributed by atoms with Gasteiger partial charge in [0.05, 0.1) is 18.1 Å². The Balaban J connectivity index is 2.35. The van der Waals surface area contributed by atoms with Crippen LogP contribution in [0.25, 0.3) is 0 Å². The smallest absolute Gasteiger partial charge is 0.273 e. The zero-order chi connectivity index (χ0) is 14.5. The van der Waals surface area contributed by atoms with Crippen LogP contribution >= 0.6 is 11.6 Å². The van der Waals surface area contributed by atoms with Crippen LogP contribution in [0.2, 0.25) is 0 Å². The number of non-ortho nitro benzene ring substituents is 1. The molecule has 0 N–H and O–H groups in total. The molecule has 0 unspecified atom stereocenters. The predicted octanol–water partition coefficient (Wildman–Crippen LogP) is 4.13. The molecular formula is C14H12ClNO4. The Kier molecular flexibility index (Phi) is 4.42. The number of benzene rings is 2. The first-order valence-electron chi connectivity index (χ1n) is 5.79. The van der Waals surface area contributed by atoms with Gasteiger partial charge in [0, 0.05) is 11.9 Å². The number of nitro benzene ring substituents is 1. The van der Waals surface area contributed by atoms with Crippen molar-refractivity contribution in [3.8, 4) is 17.2 Å². The van der Waals surface area contributed by atoms with E-state index >= 15 is 0 Å². The second kappa shape index (κ2) is 6.25. The maximum absolute atomic E-state index is 10.8. The Labute approximate surface area is 120 Å². The first kappa shape index (κ1) is 14.1. The third kappa shape index (κ3) is 3.19. The summed E-state index contributed by atoms with van der Waals surface area (Å²) in [6, 6.07) is 11.4. The first-order chi connectivity index (χ1) is 9.63. The van der Waals surface area contributed by atoms with Crippen molar-refractivity contribution < 1.29 is 14.4 Å². The van der Waals surface area contributed by atoms with Crippen molar-refractivity contribution >= 4 is 17.3 Å². The van der Waals surface area contributed by atoms with Crippen molar-refractivity contribution in [2.45, 2.75) is 5.88 Å². The standard InChI is InChI=1S/C14H12ClNO4/c1-19-13-6-5-11(16(17)18)8-14(13)20-12-4-2-3-10(7-12)9-15/h2-8H,9H2,1H3. The highest BCUT2D eigenvalue weighted by Crippen LogP contribution is 2.34. The van der Waals surface area contributed by atoms with E-state index < -0.39 is 4.92 Å². The van der Waals surface area contributed by atoms with Gasteiger partial charge in [-0.15, -0.1) is 11.6 Å². The minimum atomic E-state index is -0.485. The average Bonchev–Trinajstić information content (AvgIpc) is 2.47. The molecule has 0 saturated heterocycles. The maximum Gasteiger partial charge on any atom is 0.273 e. The van der Waals surface area contributed by atoms with Gasteiger partial charge in [-0.2, -0.15) is 0 Å². The third-order valence-electron chi connectivity index (χ3n) is 2.64. The van der Waals surface area contributed by atoms with Gasteiger partial charge in [0.25, 0.3) is 5.69 Å². The topological polar surface area (TPSA) is 61.6 Å². The summed E-state index contributed by atoms with van der Waals surface area (Å²) >= 11 is 5.76. The van der Waals surface area contributed by atoms with Crippen LogP contribution in [0, 0.1) is 10.1 Å². The van der Waals surface area contributed by atoms with Crippen molar-refractivity contribution in [1.29, 1.82) is 0 Å². The molecule has 0 spiro atoms. The molecule has 0 radical (unpaired) electrons. The summed E-state index contributed by atoms with van der Waals surface area (Å²) in [6.07, 6.45) is 0. The number of alkyl halides is 1. The van der Waals surface area contributed by atoms with Crippen LogP contribution in [0.4, 0.5) is 5.69 Å². The molecule has 0 heterocycles. The molecule has 0 fully saturated rings. The Morgan fingerprint density at radius 3 is 2.65 bits per heavy atom. The molecule has 0 bridgehead atoms. The van der Waals surface area contributed by atoms with Crippen LogP contribution in [-0.4, -0.2) is 12.0 Å². The molecule has 2 aromatic carbocycles. The first-order valence-corrected chi connectivity index (χ1v) is 6.32. The van der Waals surface area contributed by atoms with E-state index in [4.69, 9.17) is 21.1 Å². The molecule has 2 aromatic rings. The molecule has 20 heavy (non-hydrogen) atoms. The van der Waals surface area contributed by atoms with E-state index in [0.717, 1.165) is 5.56 Å². The van der Waals surface area contributed by atoms with E-state index in [1.165, 1.54) is 25.3 Å². The van der Waals surface area contributed by atoms with Gasteiger partial charge in [0.2, 0.25) is 0 Å². The lowest BCUT2D eigenvalue weighted by atomic mass is 10.2. The van der Waals surface area contributed by atoms with Crippen molar-refractivity contribution in [2.75, 3.05) is 7.11 Å². The number of nitro groups is 1. The van der Waals surface area contributed by atoms with E-state index in [0.29, 0.717) is 17.4 Å². The summed E-state index contributed by atoms with van der Waals surface area (Å²) in [4.78, 5) is 10.3. The fourth-order valence-electron chi connectivity index (χ4n) is 1.68. The molecule has 5 nitrogen and oxygen atoms in total. The summed E-state index contributed by atoms with van der Waals surface area (Å²) in [5.41, 5.74) is 0.836. The normalized spacial score (nSPS) is 10.1. The number of ether oxygens (including phenoxy) is 2. The van der Waals surface area contributed by atoms with Crippen LogP contribution in [0.1, 0.15) is 5.56 Å². The second-order valence-electron chi connectivity index (χ2n) is 3.98. The summed E-state index contributed by atoms with van der Waals surface area (Å²) in [7, 11) is 1.48. The van der Waals surface area contributed by atoms with Crippen molar-refractivity contribution in [3.63, 3.8) is 0 Å². The molecule has 0 aliphatic rings. The second-order valence-corrected chi connectivity index (χ2v) is 4.24. The van der Waals surface area contributed by atoms with Crippen LogP contribution in [-0.2, 0) is 5.88 Å². The van der Waals surface area contributed by atoms with Crippen molar-refractivity contribution in [1.82, 2.24) is 0 Å². The van der Waals surface area contributed by atoms with Crippen molar-refractivity contribution in [2.24, 2.45) is 0 Å². The van der Waals surface area contributed by atoms with Gasteiger partial charge in [-0.1, -0.05) is 12.1 Å². The molecule has 0 atom stereocenters. The summed E-state index contributed by atoms with van der Waals surface area (Å²) in [6.45, 7) is 0. The predicted molar refractivity (Wildman–Crippen MR) is 75.7 cm³/mol. The Bertz CT molecular complexity index is 630. The van der Waals surface area contributed by atoms with E-state index in [1.54, 1.807) is 18.2 Å². The van der Waals surface area contributed by atoms with Gasteiger partial charge in [0.15, 0.2) is 11.5 Å². The van der Waals surface area contributed by atoms with E-state index in [2.05, 4.69) is 0 Å². The average molecular weight is 294 g/mol. The van der Waals surface area contributed by atoms with E-state index in [1.807, 2.05) is 6.07 Å². The molecule has 0 aromatic heterocycles. The van der Waals surface area contributed by atoms with Crippen LogP contribution in [0.3, 0.4) is 0 Å². The Morgan fingerprint density at radius 1 is 1.20 bits per heavy atom. The molecule has 0 amide bonds. The van der Waals surface area contributed by atoms with Crippen molar-refractivity contribution in [3.05, 3.63) is 58.1 Å². The van der Waals surface area contributed by atoms with Crippen LogP contribution in [0.5, 0.6) is 17.2 Å². The van der Waals surface area contributed by atoms with E-state index in [-0.39, 0.29) is 11.4 Å². The monoisotopic (exact) mass is 293 g/mol. The molecule has 2 rings (SSSR count). The SMILES string of the molecule is COc1ccc([N+](=O)[O-])cc1Oc1cccc(CCl)c1. The highest BCUT2D eigenvalue weighted by atomic mass is 35.5. The van der Waals surface area contributed by atoms with Crippen LogP contribution < -0.4 is 9.47 Å². The Morgan fingerprint density at radius 2 is 2.00 bits per heavy atom. The fraction of sp³-hybridized carbons (Fsp3) is 0.143. The highest BCUT2D eigenvalue weighted by Gasteiger charge is 2.13. The summed E-state index contributed by atoms with van der Waals surface area (Å²) in [5.74, 6) is 1.62. The fourth-order valence-corrected chi connectivity index (χ4v) is 1.84. The molecule has 0 aliphatic carbocycles. The van der Waals surface area contributed by atoms with Gasteiger partial charge in [-0.25, -0.2) is 0 Å². The summed E-state index contributed by atoms with van der Waals surface area (Å²) in [5, 5.41) is 10.8. The minimum absolute atomic E-state index is 0.0608. The zero-order valence-electron chi connectivity index (χ0n) is 10.7. The number of nitrogens with zero attached hydrogens (tertiary/aromatic N) is 1. The third-order valence-corrected chi connectivity index (χ3v) is 2.95. The number of rotatable bonds is 5. The zero-order valence-corrected chi connectivity index (χ0v) is 11.5. The number of methoxy groups -OCH3 is 1. The largest absolute Gasteiger partial charge is 0.493 e. The number of halogens is 1. The maximum atomic E-state index is 10.8. The van der Waals surface area contributed by atoms with Gasteiger partial charge >= 0.3 is 0 Å². The van der Waals surface area contributed by atoms with Gasteiger partial charge in [0.1, 0.15) is 5.75 Å². The molecule has 6 heteroatoms. The molecule has 104 valence electrons. The number of hydrogen-bond acceptors (Lipinski definition) is 4. The summed E-state index contributed by atoms with van der Waals surface area (Å²) < 4.78 is 10.8. The van der Waals surface area contributed by atoms with Gasteiger partial charge in [-0.05, 0) is 23.8 Å². The van der Waals surface area contributed by atoms with Gasteiger partial charge < -0.3 is 9.47 Å². The lowest BCUT2D eigenvalue weighted by molar-refractivity contribution is -0.384. The molecule has 0 saturated carbocycles. The quantitative estimate of drug-likeness (QED) is 0.472. The lowest BCUT2D eigenvalue weighted by Crippen LogP contribution is -1.94. The molecule has 0 aliphatic heterocycles. The minimum Gasteiger partial charge on any atom is -0.493 e. The highest BCUT2D eigenvalue weighted by molar-refractivity contribution is 6.17. The van der Waals surface area contributed by atoms with Gasteiger partial charge in [-0.3, -0.25) is 10.1 Å². The number of hydrogen-bond donors (Lipinski definition) is 0. The lowest BCUT2D eigenvalue weighted by Gasteiger charge is -2.10.